The average Bonchev–Trinajstić information content (AvgIpc) is 2.56. The molecule has 0 radical (unpaired) electrons. The molecule has 5 nitrogen and oxygen atoms in total. The Bertz CT molecular complexity index is 266. The van der Waals surface area contributed by atoms with Crippen LogP contribution in [0.25, 0.3) is 0 Å². The van der Waals surface area contributed by atoms with Crippen LogP contribution in [-0.2, 0) is 9.47 Å². The lowest BCUT2D eigenvalue weighted by Crippen LogP contribution is -2.40. The molecule has 0 unspecified atom stereocenters. The summed E-state index contributed by atoms with van der Waals surface area (Å²) in [6, 6.07) is 0. The Morgan fingerprint density at radius 3 is 1.61 bits per heavy atom. The summed E-state index contributed by atoms with van der Waals surface area (Å²) < 4.78 is 10.8. The number of hydrogen-bond acceptors (Lipinski definition) is 5. The monoisotopic (exact) mass is 327 g/mol. The zero-order valence-corrected chi connectivity index (χ0v) is 15.3. The Hall–Kier alpha value is -0.200. The zero-order chi connectivity index (χ0) is 16.3. The van der Waals surface area contributed by atoms with Gasteiger partial charge in [0, 0.05) is 32.7 Å². The summed E-state index contributed by atoms with van der Waals surface area (Å²) in [5, 5.41) is 0. The smallest absolute Gasteiger partial charge is 0.0594 e. The maximum absolute atomic E-state index is 5.42. The molecule has 0 bridgehead atoms. The Morgan fingerprint density at radius 1 is 0.783 bits per heavy atom. The van der Waals surface area contributed by atoms with Crippen LogP contribution in [0, 0.1) is 5.92 Å². The average molecular weight is 328 g/mol. The predicted molar refractivity (Wildman–Crippen MR) is 95.0 cm³/mol. The number of rotatable bonds is 10. The maximum atomic E-state index is 5.42. The molecular formula is C18H37N3O2. The second-order valence-corrected chi connectivity index (χ2v) is 7.31. The van der Waals surface area contributed by atoms with E-state index in [2.05, 4.69) is 28.5 Å². The van der Waals surface area contributed by atoms with Gasteiger partial charge in [-0.05, 0) is 44.9 Å². The van der Waals surface area contributed by atoms with Crippen LogP contribution in [0.15, 0.2) is 0 Å². The SMILES string of the molecule is CC(C)CN(CCCN1CCOCC1)CCCN1CCOCC1. The van der Waals surface area contributed by atoms with Crippen molar-refractivity contribution in [3.63, 3.8) is 0 Å². The molecule has 0 atom stereocenters. The molecule has 0 amide bonds. The van der Waals surface area contributed by atoms with Crippen LogP contribution < -0.4 is 0 Å². The zero-order valence-electron chi connectivity index (χ0n) is 15.3. The highest BCUT2D eigenvalue weighted by atomic mass is 16.5. The van der Waals surface area contributed by atoms with Gasteiger partial charge < -0.3 is 14.4 Å². The Labute approximate surface area is 142 Å². The first-order valence-corrected chi connectivity index (χ1v) is 9.56. The van der Waals surface area contributed by atoms with Crippen LogP contribution in [0.5, 0.6) is 0 Å². The summed E-state index contributed by atoms with van der Waals surface area (Å²) in [5.41, 5.74) is 0. The summed E-state index contributed by atoms with van der Waals surface area (Å²) >= 11 is 0. The Balaban J connectivity index is 1.60. The van der Waals surface area contributed by atoms with E-state index in [1.54, 1.807) is 0 Å². The predicted octanol–water partition coefficient (Wildman–Crippen LogP) is 1.39. The molecular weight excluding hydrogens is 290 g/mol. The normalized spacial score (nSPS) is 21.4. The van der Waals surface area contributed by atoms with Gasteiger partial charge in [0.1, 0.15) is 0 Å². The van der Waals surface area contributed by atoms with Crippen molar-refractivity contribution in [1.82, 2.24) is 14.7 Å². The van der Waals surface area contributed by atoms with Gasteiger partial charge in [0.25, 0.3) is 0 Å². The third-order valence-corrected chi connectivity index (χ3v) is 4.73. The van der Waals surface area contributed by atoms with Crippen LogP contribution in [-0.4, -0.2) is 100 Å². The first-order valence-electron chi connectivity index (χ1n) is 9.56. The molecule has 0 aromatic rings. The van der Waals surface area contributed by atoms with Crippen molar-refractivity contribution in [1.29, 1.82) is 0 Å². The molecule has 2 aliphatic rings. The van der Waals surface area contributed by atoms with E-state index in [1.165, 1.54) is 45.6 Å². The number of nitrogens with zero attached hydrogens (tertiary/aromatic N) is 3. The third-order valence-electron chi connectivity index (χ3n) is 4.73. The second-order valence-electron chi connectivity index (χ2n) is 7.31. The Morgan fingerprint density at radius 2 is 1.22 bits per heavy atom. The van der Waals surface area contributed by atoms with E-state index in [-0.39, 0.29) is 0 Å². The molecule has 0 saturated carbocycles. The molecule has 2 heterocycles. The van der Waals surface area contributed by atoms with E-state index in [0.29, 0.717) is 0 Å². The fourth-order valence-electron chi connectivity index (χ4n) is 3.50. The lowest BCUT2D eigenvalue weighted by atomic mass is 10.2. The molecule has 0 N–H and O–H groups in total. The fraction of sp³-hybridized carbons (Fsp3) is 1.00. The summed E-state index contributed by atoms with van der Waals surface area (Å²) in [4.78, 5) is 7.77. The van der Waals surface area contributed by atoms with E-state index >= 15 is 0 Å². The largest absolute Gasteiger partial charge is 0.379 e. The topological polar surface area (TPSA) is 28.2 Å². The molecule has 2 aliphatic heterocycles. The second kappa shape index (κ2) is 11.4. The molecule has 2 fully saturated rings. The summed E-state index contributed by atoms with van der Waals surface area (Å²) in [6.07, 6.45) is 2.56. The van der Waals surface area contributed by atoms with Gasteiger partial charge in [-0.25, -0.2) is 0 Å². The van der Waals surface area contributed by atoms with Gasteiger partial charge in [-0.15, -0.1) is 0 Å². The maximum Gasteiger partial charge on any atom is 0.0594 e. The van der Waals surface area contributed by atoms with E-state index in [4.69, 9.17) is 9.47 Å². The van der Waals surface area contributed by atoms with Gasteiger partial charge >= 0.3 is 0 Å². The first kappa shape index (κ1) is 19.1. The van der Waals surface area contributed by atoms with Gasteiger partial charge in [0.05, 0.1) is 26.4 Å². The molecule has 23 heavy (non-hydrogen) atoms. The summed E-state index contributed by atoms with van der Waals surface area (Å²) in [6.45, 7) is 18.9. The van der Waals surface area contributed by atoms with Crippen LogP contribution in [0.1, 0.15) is 26.7 Å². The fourth-order valence-corrected chi connectivity index (χ4v) is 3.50. The molecule has 0 spiro atoms. The highest BCUT2D eigenvalue weighted by Gasteiger charge is 2.13. The van der Waals surface area contributed by atoms with E-state index in [0.717, 1.165) is 58.5 Å². The van der Waals surface area contributed by atoms with E-state index in [1.807, 2.05) is 0 Å². The van der Waals surface area contributed by atoms with Crippen molar-refractivity contribution in [2.75, 3.05) is 85.3 Å². The van der Waals surface area contributed by atoms with Gasteiger partial charge in [-0.2, -0.15) is 0 Å². The molecule has 0 aliphatic carbocycles. The minimum Gasteiger partial charge on any atom is -0.379 e. The van der Waals surface area contributed by atoms with Gasteiger partial charge in [0.15, 0.2) is 0 Å². The van der Waals surface area contributed by atoms with Crippen molar-refractivity contribution in [2.45, 2.75) is 26.7 Å². The molecule has 0 aromatic carbocycles. The highest BCUT2D eigenvalue weighted by molar-refractivity contribution is 4.68. The van der Waals surface area contributed by atoms with Gasteiger partial charge in [-0.1, -0.05) is 13.8 Å². The molecule has 2 saturated heterocycles. The first-order chi connectivity index (χ1) is 11.2. The summed E-state index contributed by atoms with van der Waals surface area (Å²) in [7, 11) is 0. The lowest BCUT2D eigenvalue weighted by Gasteiger charge is -2.30. The highest BCUT2D eigenvalue weighted by Crippen LogP contribution is 2.05. The number of hydrogen-bond donors (Lipinski definition) is 0. The minimum absolute atomic E-state index is 0.752. The quantitative estimate of drug-likeness (QED) is 0.605. The molecule has 136 valence electrons. The van der Waals surface area contributed by atoms with Gasteiger partial charge in [-0.3, -0.25) is 9.80 Å². The summed E-state index contributed by atoms with van der Waals surface area (Å²) in [5.74, 6) is 0.752. The lowest BCUT2D eigenvalue weighted by molar-refractivity contribution is 0.0337. The Kier molecular flexibility index (Phi) is 9.46. The van der Waals surface area contributed by atoms with E-state index in [9.17, 15) is 0 Å². The molecule has 0 aromatic heterocycles. The van der Waals surface area contributed by atoms with Crippen molar-refractivity contribution < 1.29 is 9.47 Å². The van der Waals surface area contributed by atoms with Crippen molar-refractivity contribution in [3.05, 3.63) is 0 Å². The third kappa shape index (κ3) is 8.45. The van der Waals surface area contributed by atoms with Crippen LogP contribution >= 0.6 is 0 Å². The van der Waals surface area contributed by atoms with Crippen LogP contribution in [0.4, 0.5) is 0 Å². The van der Waals surface area contributed by atoms with E-state index < -0.39 is 0 Å². The van der Waals surface area contributed by atoms with Crippen LogP contribution in [0.3, 0.4) is 0 Å². The number of morpholine rings is 2. The standard InChI is InChI=1S/C18H37N3O2/c1-18(2)17-21(7-3-5-19-9-13-22-14-10-19)8-4-6-20-11-15-23-16-12-20/h18H,3-17H2,1-2H3. The minimum atomic E-state index is 0.752. The van der Waals surface area contributed by atoms with Gasteiger partial charge in [0.2, 0.25) is 0 Å². The van der Waals surface area contributed by atoms with Crippen molar-refractivity contribution in [3.8, 4) is 0 Å². The molecule has 5 heteroatoms. The van der Waals surface area contributed by atoms with Crippen molar-refractivity contribution >= 4 is 0 Å². The van der Waals surface area contributed by atoms with Crippen molar-refractivity contribution in [2.24, 2.45) is 5.92 Å². The molecule has 2 rings (SSSR count). The van der Waals surface area contributed by atoms with Crippen LogP contribution in [0.2, 0.25) is 0 Å². The number of ether oxygens (including phenoxy) is 2.